The number of phenols is 1. The molecule has 0 radical (unpaired) electrons. The number of aliphatic hydroxyl groups is 1. The second-order valence-electron chi connectivity index (χ2n) is 4.37. The van der Waals surface area contributed by atoms with E-state index in [-0.39, 0.29) is 23.1 Å². The molecule has 1 unspecified atom stereocenters. The molecule has 1 saturated heterocycles. The van der Waals surface area contributed by atoms with Crippen molar-refractivity contribution in [3.05, 3.63) is 28.5 Å². The van der Waals surface area contributed by atoms with Crippen LogP contribution in [0.25, 0.3) is 0 Å². The first kappa shape index (κ1) is 13.1. The molecule has 2 N–H and O–H groups in total. The van der Waals surface area contributed by atoms with Gasteiger partial charge in [-0.3, -0.25) is 4.79 Å². The molecule has 1 aromatic rings. The van der Waals surface area contributed by atoms with Crippen molar-refractivity contribution >= 4 is 17.5 Å². The van der Waals surface area contributed by atoms with Crippen molar-refractivity contribution in [3.8, 4) is 5.75 Å². The minimum atomic E-state index is -0.668. The van der Waals surface area contributed by atoms with Gasteiger partial charge in [0.25, 0.3) is 5.91 Å². The van der Waals surface area contributed by atoms with Crippen LogP contribution < -0.4 is 0 Å². The van der Waals surface area contributed by atoms with Gasteiger partial charge in [-0.05, 0) is 18.6 Å². The van der Waals surface area contributed by atoms with E-state index in [9.17, 15) is 14.3 Å². The zero-order valence-corrected chi connectivity index (χ0v) is 10.3. The summed E-state index contributed by atoms with van der Waals surface area (Å²) in [5.41, 5.74) is -0.140. The van der Waals surface area contributed by atoms with Crippen molar-refractivity contribution in [2.45, 2.75) is 6.42 Å². The van der Waals surface area contributed by atoms with Crippen molar-refractivity contribution in [2.24, 2.45) is 5.92 Å². The number of benzene rings is 1. The van der Waals surface area contributed by atoms with Gasteiger partial charge < -0.3 is 15.1 Å². The van der Waals surface area contributed by atoms with Crippen LogP contribution in [-0.2, 0) is 0 Å². The number of carbonyl (C=O) groups excluding carboxylic acids is 1. The molecule has 0 spiro atoms. The Morgan fingerprint density at radius 1 is 1.56 bits per heavy atom. The van der Waals surface area contributed by atoms with Crippen LogP contribution in [-0.4, -0.2) is 40.7 Å². The Hall–Kier alpha value is -1.33. The molecule has 1 heterocycles. The highest BCUT2D eigenvalue weighted by Gasteiger charge is 2.28. The molecule has 0 aromatic heterocycles. The predicted octanol–water partition coefficient (Wildman–Crippen LogP) is 1.64. The first-order valence-corrected chi connectivity index (χ1v) is 5.99. The van der Waals surface area contributed by atoms with Gasteiger partial charge in [-0.2, -0.15) is 0 Å². The molecule has 1 aromatic carbocycles. The van der Waals surface area contributed by atoms with E-state index in [4.69, 9.17) is 16.7 Å². The summed E-state index contributed by atoms with van der Waals surface area (Å²) in [5.74, 6) is -1.50. The van der Waals surface area contributed by atoms with Crippen LogP contribution >= 0.6 is 11.6 Å². The van der Waals surface area contributed by atoms with Crippen LogP contribution in [0.5, 0.6) is 5.75 Å². The van der Waals surface area contributed by atoms with Gasteiger partial charge in [0, 0.05) is 25.6 Å². The van der Waals surface area contributed by atoms with E-state index in [1.54, 1.807) is 0 Å². The Morgan fingerprint density at radius 2 is 2.28 bits per heavy atom. The Labute approximate surface area is 109 Å². The largest absolute Gasteiger partial charge is 0.506 e. The minimum Gasteiger partial charge on any atom is -0.506 e. The van der Waals surface area contributed by atoms with Gasteiger partial charge in [-0.25, -0.2) is 4.39 Å². The molecule has 0 aliphatic carbocycles. The van der Waals surface area contributed by atoms with Crippen molar-refractivity contribution in [1.82, 2.24) is 4.90 Å². The molecule has 1 amide bonds. The van der Waals surface area contributed by atoms with Crippen molar-refractivity contribution < 1.29 is 19.4 Å². The summed E-state index contributed by atoms with van der Waals surface area (Å²) in [6.45, 7) is 0.903. The van der Waals surface area contributed by atoms with Crippen LogP contribution in [0.4, 0.5) is 4.39 Å². The van der Waals surface area contributed by atoms with E-state index >= 15 is 0 Å². The lowest BCUT2D eigenvalue weighted by Gasteiger charge is -2.17. The molecule has 18 heavy (non-hydrogen) atoms. The molecule has 1 fully saturated rings. The number of rotatable bonds is 2. The van der Waals surface area contributed by atoms with E-state index in [1.165, 1.54) is 4.90 Å². The number of halogens is 2. The lowest BCUT2D eigenvalue weighted by molar-refractivity contribution is 0.0778. The normalized spacial score (nSPS) is 19.3. The van der Waals surface area contributed by atoms with Crippen LogP contribution in [0.1, 0.15) is 16.8 Å². The highest BCUT2D eigenvalue weighted by molar-refractivity contribution is 6.32. The van der Waals surface area contributed by atoms with Crippen LogP contribution in [0.3, 0.4) is 0 Å². The third-order valence-corrected chi connectivity index (χ3v) is 3.38. The van der Waals surface area contributed by atoms with Gasteiger partial charge in [0.15, 0.2) is 0 Å². The molecule has 2 rings (SSSR count). The highest BCUT2D eigenvalue weighted by Crippen LogP contribution is 2.30. The predicted molar refractivity (Wildman–Crippen MR) is 64.2 cm³/mol. The molecule has 98 valence electrons. The fraction of sp³-hybridized carbons (Fsp3) is 0.417. The van der Waals surface area contributed by atoms with Gasteiger partial charge in [0.2, 0.25) is 0 Å². The lowest BCUT2D eigenvalue weighted by atomic mass is 10.1. The Balaban J connectivity index is 2.24. The van der Waals surface area contributed by atoms with E-state index in [1.807, 2.05) is 0 Å². The Kier molecular flexibility index (Phi) is 3.73. The fourth-order valence-corrected chi connectivity index (χ4v) is 2.27. The van der Waals surface area contributed by atoms with E-state index in [0.29, 0.717) is 19.5 Å². The summed E-state index contributed by atoms with van der Waals surface area (Å²) < 4.78 is 13.2. The summed E-state index contributed by atoms with van der Waals surface area (Å²) in [6.07, 6.45) is 0.700. The topological polar surface area (TPSA) is 60.8 Å². The van der Waals surface area contributed by atoms with E-state index < -0.39 is 17.5 Å². The zero-order valence-electron chi connectivity index (χ0n) is 9.57. The molecule has 0 saturated carbocycles. The summed E-state index contributed by atoms with van der Waals surface area (Å²) in [7, 11) is 0. The van der Waals surface area contributed by atoms with Crippen LogP contribution in [0.2, 0.25) is 5.02 Å². The second kappa shape index (κ2) is 5.12. The molecule has 1 aliphatic rings. The molecule has 1 atom stereocenters. The first-order valence-electron chi connectivity index (χ1n) is 5.61. The van der Waals surface area contributed by atoms with Gasteiger partial charge in [0.1, 0.15) is 11.6 Å². The molecule has 4 nitrogen and oxygen atoms in total. The number of likely N-dealkylation sites (tertiary alicyclic amines) is 1. The monoisotopic (exact) mass is 273 g/mol. The summed E-state index contributed by atoms with van der Waals surface area (Å²) in [6, 6.07) is 1.92. The maximum atomic E-state index is 13.2. The first-order chi connectivity index (χ1) is 8.52. The molecule has 6 heteroatoms. The maximum absolute atomic E-state index is 13.2. The van der Waals surface area contributed by atoms with Crippen LogP contribution in [0.15, 0.2) is 12.1 Å². The van der Waals surface area contributed by atoms with Crippen molar-refractivity contribution in [3.63, 3.8) is 0 Å². The Bertz CT molecular complexity index is 481. The van der Waals surface area contributed by atoms with Gasteiger partial charge in [0.05, 0.1) is 10.6 Å². The van der Waals surface area contributed by atoms with Gasteiger partial charge in [-0.1, -0.05) is 11.6 Å². The standard InChI is InChI=1S/C12H13ClFNO3/c13-10-4-8(14)3-9(11(10)17)12(18)15-2-1-7(5-15)6-16/h3-4,7,16-17H,1-2,5-6H2. The smallest absolute Gasteiger partial charge is 0.257 e. The second-order valence-corrected chi connectivity index (χ2v) is 4.78. The highest BCUT2D eigenvalue weighted by atomic mass is 35.5. The summed E-state index contributed by atoms with van der Waals surface area (Å²) in [4.78, 5) is 13.6. The number of nitrogens with zero attached hydrogens (tertiary/aromatic N) is 1. The van der Waals surface area contributed by atoms with Crippen molar-refractivity contribution in [2.75, 3.05) is 19.7 Å². The van der Waals surface area contributed by atoms with Gasteiger partial charge >= 0.3 is 0 Å². The van der Waals surface area contributed by atoms with E-state index in [0.717, 1.165) is 12.1 Å². The molecule has 1 aliphatic heterocycles. The number of hydrogen-bond donors (Lipinski definition) is 2. The summed E-state index contributed by atoms with van der Waals surface area (Å²) >= 11 is 5.63. The van der Waals surface area contributed by atoms with E-state index in [2.05, 4.69) is 0 Å². The molecule has 0 bridgehead atoms. The average molecular weight is 274 g/mol. The third-order valence-electron chi connectivity index (χ3n) is 3.09. The quantitative estimate of drug-likeness (QED) is 0.861. The fourth-order valence-electron chi connectivity index (χ4n) is 2.07. The molecular weight excluding hydrogens is 261 g/mol. The number of amides is 1. The summed E-state index contributed by atoms with van der Waals surface area (Å²) in [5, 5.41) is 18.5. The number of phenolic OH excluding ortho intramolecular Hbond substituents is 1. The number of carbonyl (C=O) groups is 1. The SMILES string of the molecule is O=C(c1cc(F)cc(Cl)c1O)N1CCC(CO)C1. The van der Waals surface area contributed by atoms with Gasteiger partial charge in [-0.15, -0.1) is 0 Å². The third kappa shape index (κ3) is 2.42. The number of hydrogen-bond acceptors (Lipinski definition) is 3. The minimum absolute atomic E-state index is 0.0136. The van der Waals surface area contributed by atoms with Crippen LogP contribution in [0, 0.1) is 11.7 Å². The zero-order chi connectivity index (χ0) is 13.3. The Morgan fingerprint density at radius 3 is 2.89 bits per heavy atom. The number of aliphatic hydroxyl groups excluding tert-OH is 1. The number of aromatic hydroxyl groups is 1. The lowest BCUT2D eigenvalue weighted by Crippen LogP contribution is -2.29. The maximum Gasteiger partial charge on any atom is 0.257 e. The average Bonchev–Trinajstić information content (AvgIpc) is 2.81. The molecular formula is C12H13ClFNO3. The van der Waals surface area contributed by atoms with Crippen molar-refractivity contribution in [1.29, 1.82) is 0 Å².